The summed E-state index contributed by atoms with van der Waals surface area (Å²) in [6, 6.07) is 6.10. The molecule has 100 valence electrons. The number of carbonyl (C=O) groups is 1. The van der Waals surface area contributed by atoms with Crippen molar-refractivity contribution >= 4 is 5.91 Å². The summed E-state index contributed by atoms with van der Waals surface area (Å²) in [7, 11) is 0. The summed E-state index contributed by atoms with van der Waals surface area (Å²) in [6.07, 6.45) is 2.54. The van der Waals surface area contributed by atoms with Crippen LogP contribution in [-0.4, -0.2) is 18.5 Å². The van der Waals surface area contributed by atoms with Gasteiger partial charge in [0.15, 0.2) is 0 Å². The Morgan fingerprint density at radius 3 is 2.44 bits per heavy atom. The molecular formula is C15H24N2O. The number of hydrogen-bond donors (Lipinski definition) is 2. The first-order valence-corrected chi connectivity index (χ1v) is 6.63. The molecule has 1 aromatic carbocycles. The molecule has 0 bridgehead atoms. The summed E-state index contributed by atoms with van der Waals surface area (Å²) in [6.45, 7) is 6.86. The number of rotatable bonds is 6. The van der Waals surface area contributed by atoms with Gasteiger partial charge in [-0.2, -0.15) is 0 Å². The number of benzene rings is 1. The fourth-order valence-electron chi connectivity index (χ4n) is 2.12. The SMILES string of the molecule is CCCC(N)C(=O)NCCc1cc(C)cc(C)c1. The molecule has 0 fully saturated rings. The van der Waals surface area contributed by atoms with Crippen molar-refractivity contribution in [3.05, 3.63) is 34.9 Å². The quantitative estimate of drug-likeness (QED) is 0.810. The first-order chi connectivity index (χ1) is 8.52. The van der Waals surface area contributed by atoms with Gasteiger partial charge in [0, 0.05) is 6.54 Å². The average molecular weight is 248 g/mol. The van der Waals surface area contributed by atoms with E-state index in [2.05, 4.69) is 37.4 Å². The van der Waals surface area contributed by atoms with Gasteiger partial charge < -0.3 is 11.1 Å². The largest absolute Gasteiger partial charge is 0.354 e. The molecule has 0 saturated carbocycles. The Labute approximate surface area is 110 Å². The van der Waals surface area contributed by atoms with Gasteiger partial charge >= 0.3 is 0 Å². The molecular weight excluding hydrogens is 224 g/mol. The Kier molecular flexibility index (Phi) is 5.86. The van der Waals surface area contributed by atoms with Gasteiger partial charge in [0.25, 0.3) is 0 Å². The highest BCUT2D eigenvalue weighted by Crippen LogP contribution is 2.09. The van der Waals surface area contributed by atoms with E-state index in [4.69, 9.17) is 5.73 Å². The number of hydrogen-bond acceptors (Lipinski definition) is 2. The Bertz CT molecular complexity index is 381. The Morgan fingerprint density at radius 1 is 1.28 bits per heavy atom. The fraction of sp³-hybridized carbons (Fsp3) is 0.533. The molecule has 0 radical (unpaired) electrons. The second kappa shape index (κ2) is 7.17. The maximum atomic E-state index is 11.6. The first kappa shape index (κ1) is 14.7. The summed E-state index contributed by atoms with van der Waals surface area (Å²) in [5.41, 5.74) is 9.53. The molecule has 0 heterocycles. The van der Waals surface area contributed by atoms with Crippen LogP contribution in [0, 0.1) is 13.8 Å². The zero-order valence-corrected chi connectivity index (χ0v) is 11.6. The summed E-state index contributed by atoms with van der Waals surface area (Å²) in [5, 5.41) is 2.89. The normalized spacial score (nSPS) is 12.2. The van der Waals surface area contributed by atoms with E-state index in [9.17, 15) is 4.79 Å². The second-order valence-corrected chi connectivity index (χ2v) is 4.93. The lowest BCUT2D eigenvalue weighted by molar-refractivity contribution is -0.122. The molecule has 0 aliphatic carbocycles. The van der Waals surface area contributed by atoms with E-state index in [-0.39, 0.29) is 11.9 Å². The highest BCUT2D eigenvalue weighted by Gasteiger charge is 2.10. The third kappa shape index (κ3) is 4.88. The van der Waals surface area contributed by atoms with Crippen molar-refractivity contribution in [3.63, 3.8) is 0 Å². The highest BCUT2D eigenvalue weighted by atomic mass is 16.2. The van der Waals surface area contributed by atoms with E-state index in [0.29, 0.717) is 6.54 Å². The predicted molar refractivity (Wildman–Crippen MR) is 75.5 cm³/mol. The van der Waals surface area contributed by atoms with Crippen LogP contribution in [0.5, 0.6) is 0 Å². The molecule has 3 nitrogen and oxygen atoms in total. The van der Waals surface area contributed by atoms with Gasteiger partial charge in [0.2, 0.25) is 5.91 Å². The lowest BCUT2D eigenvalue weighted by atomic mass is 10.1. The lowest BCUT2D eigenvalue weighted by Gasteiger charge is -2.11. The molecule has 1 aromatic rings. The molecule has 18 heavy (non-hydrogen) atoms. The first-order valence-electron chi connectivity index (χ1n) is 6.63. The zero-order chi connectivity index (χ0) is 13.5. The zero-order valence-electron chi connectivity index (χ0n) is 11.6. The fourth-order valence-corrected chi connectivity index (χ4v) is 2.12. The molecule has 0 aliphatic rings. The van der Waals surface area contributed by atoms with E-state index < -0.39 is 0 Å². The third-order valence-corrected chi connectivity index (χ3v) is 2.93. The van der Waals surface area contributed by atoms with Crippen molar-refractivity contribution in [2.45, 2.75) is 46.1 Å². The number of nitrogens with one attached hydrogen (secondary N) is 1. The van der Waals surface area contributed by atoms with Crippen molar-refractivity contribution in [2.75, 3.05) is 6.54 Å². The standard InChI is InChI=1S/C15H24N2O/c1-4-5-14(16)15(18)17-7-6-13-9-11(2)8-12(3)10-13/h8-10,14H,4-7,16H2,1-3H3,(H,17,18). The highest BCUT2D eigenvalue weighted by molar-refractivity contribution is 5.81. The van der Waals surface area contributed by atoms with Crippen LogP contribution in [0.25, 0.3) is 0 Å². The molecule has 1 unspecified atom stereocenters. The van der Waals surface area contributed by atoms with Gasteiger partial charge in [-0.1, -0.05) is 42.7 Å². The van der Waals surface area contributed by atoms with Gasteiger partial charge in [-0.15, -0.1) is 0 Å². The Hall–Kier alpha value is -1.35. The molecule has 0 aromatic heterocycles. The van der Waals surface area contributed by atoms with Crippen molar-refractivity contribution in [2.24, 2.45) is 5.73 Å². The van der Waals surface area contributed by atoms with Crippen molar-refractivity contribution in [1.82, 2.24) is 5.32 Å². The average Bonchev–Trinajstić information content (AvgIpc) is 2.27. The Morgan fingerprint density at radius 2 is 1.89 bits per heavy atom. The van der Waals surface area contributed by atoms with Gasteiger partial charge in [-0.3, -0.25) is 4.79 Å². The monoisotopic (exact) mass is 248 g/mol. The molecule has 3 N–H and O–H groups in total. The molecule has 3 heteroatoms. The molecule has 0 saturated heterocycles. The van der Waals surface area contributed by atoms with Gasteiger partial charge in [-0.05, 0) is 32.3 Å². The number of aryl methyl sites for hydroxylation is 2. The van der Waals surface area contributed by atoms with E-state index in [0.717, 1.165) is 19.3 Å². The molecule has 0 spiro atoms. The van der Waals surface area contributed by atoms with Gasteiger partial charge in [0.05, 0.1) is 6.04 Å². The molecule has 1 rings (SSSR count). The van der Waals surface area contributed by atoms with Crippen molar-refractivity contribution < 1.29 is 4.79 Å². The van der Waals surface area contributed by atoms with E-state index in [1.54, 1.807) is 0 Å². The number of nitrogens with two attached hydrogens (primary N) is 1. The summed E-state index contributed by atoms with van der Waals surface area (Å²) in [4.78, 5) is 11.6. The summed E-state index contributed by atoms with van der Waals surface area (Å²) >= 11 is 0. The van der Waals surface area contributed by atoms with Crippen LogP contribution < -0.4 is 11.1 Å². The van der Waals surface area contributed by atoms with Gasteiger partial charge in [-0.25, -0.2) is 0 Å². The smallest absolute Gasteiger partial charge is 0.236 e. The minimum atomic E-state index is -0.366. The van der Waals surface area contributed by atoms with Crippen molar-refractivity contribution in [1.29, 1.82) is 0 Å². The van der Waals surface area contributed by atoms with Crippen LogP contribution in [-0.2, 0) is 11.2 Å². The molecule has 1 atom stereocenters. The summed E-state index contributed by atoms with van der Waals surface area (Å²) in [5.74, 6) is -0.0405. The van der Waals surface area contributed by atoms with Crippen LogP contribution in [0.4, 0.5) is 0 Å². The maximum absolute atomic E-state index is 11.6. The van der Waals surface area contributed by atoms with Crippen LogP contribution in [0.15, 0.2) is 18.2 Å². The van der Waals surface area contributed by atoms with Crippen LogP contribution in [0.1, 0.15) is 36.5 Å². The van der Waals surface area contributed by atoms with E-state index >= 15 is 0 Å². The molecule has 0 aliphatic heterocycles. The topological polar surface area (TPSA) is 55.1 Å². The minimum absolute atomic E-state index is 0.0405. The third-order valence-electron chi connectivity index (χ3n) is 2.93. The van der Waals surface area contributed by atoms with Crippen LogP contribution in [0.3, 0.4) is 0 Å². The number of amides is 1. The Balaban J connectivity index is 2.39. The van der Waals surface area contributed by atoms with Crippen LogP contribution >= 0.6 is 0 Å². The minimum Gasteiger partial charge on any atom is -0.354 e. The number of carbonyl (C=O) groups excluding carboxylic acids is 1. The lowest BCUT2D eigenvalue weighted by Crippen LogP contribution is -2.41. The van der Waals surface area contributed by atoms with Crippen LogP contribution in [0.2, 0.25) is 0 Å². The molecule has 1 amide bonds. The maximum Gasteiger partial charge on any atom is 0.236 e. The van der Waals surface area contributed by atoms with E-state index in [1.165, 1.54) is 16.7 Å². The van der Waals surface area contributed by atoms with Crippen molar-refractivity contribution in [3.8, 4) is 0 Å². The predicted octanol–water partition coefficient (Wildman–Crippen LogP) is 2.09. The van der Waals surface area contributed by atoms with E-state index in [1.807, 2.05) is 6.92 Å². The van der Waals surface area contributed by atoms with Gasteiger partial charge in [0.1, 0.15) is 0 Å². The summed E-state index contributed by atoms with van der Waals surface area (Å²) < 4.78 is 0. The second-order valence-electron chi connectivity index (χ2n) is 4.93.